The molecule has 0 spiro atoms. The molecule has 0 unspecified atom stereocenters. The van der Waals surface area contributed by atoms with E-state index in [1.807, 2.05) is 4.68 Å². The highest BCUT2D eigenvalue weighted by atomic mass is 79.9. The van der Waals surface area contributed by atoms with Gasteiger partial charge in [0, 0.05) is 22.8 Å². The van der Waals surface area contributed by atoms with Crippen molar-refractivity contribution in [3.05, 3.63) is 51.8 Å². The number of nitrogens with zero attached hydrogens (tertiary/aromatic N) is 2. The summed E-state index contributed by atoms with van der Waals surface area (Å²) in [5, 5.41) is 7.99. The minimum atomic E-state index is 0.821. The summed E-state index contributed by atoms with van der Waals surface area (Å²) in [4.78, 5) is 0. The van der Waals surface area contributed by atoms with Crippen LogP contribution in [0.2, 0.25) is 0 Å². The lowest BCUT2D eigenvalue weighted by molar-refractivity contribution is 0.668. The van der Waals surface area contributed by atoms with Gasteiger partial charge in [0.25, 0.3) is 0 Å². The molecular formula is C15H20BrN3. The van der Waals surface area contributed by atoms with Gasteiger partial charge < -0.3 is 5.32 Å². The van der Waals surface area contributed by atoms with E-state index in [4.69, 9.17) is 0 Å². The molecule has 0 bridgehead atoms. The van der Waals surface area contributed by atoms with Crippen LogP contribution in [0.15, 0.2) is 34.9 Å². The van der Waals surface area contributed by atoms with Gasteiger partial charge in [-0.2, -0.15) is 5.10 Å². The molecular weight excluding hydrogens is 302 g/mol. The van der Waals surface area contributed by atoms with Crippen LogP contribution in [-0.2, 0) is 13.1 Å². The number of rotatable bonds is 6. The Balaban J connectivity index is 2.01. The standard InChI is InChI=1S/C15H20BrN3/c1-3-8-17-9-14-11-19(18-12(14)2)10-13-4-6-15(16)7-5-13/h4-7,11,17H,3,8-10H2,1-2H3. The second-order valence-corrected chi connectivity index (χ2v) is 5.66. The Morgan fingerprint density at radius 1 is 1.26 bits per heavy atom. The molecule has 0 radical (unpaired) electrons. The van der Waals surface area contributed by atoms with Gasteiger partial charge in [-0.15, -0.1) is 0 Å². The number of nitrogens with one attached hydrogen (secondary N) is 1. The van der Waals surface area contributed by atoms with E-state index in [0.717, 1.165) is 36.2 Å². The van der Waals surface area contributed by atoms with Crippen LogP contribution in [0, 0.1) is 6.92 Å². The van der Waals surface area contributed by atoms with Crippen LogP contribution in [0.3, 0.4) is 0 Å². The molecule has 1 aromatic heterocycles. The van der Waals surface area contributed by atoms with Gasteiger partial charge >= 0.3 is 0 Å². The molecule has 19 heavy (non-hydrogen) atoms. The average Bonchev–Trinajstić information content (AvgIpc) is 2.73. The summed E-state index contributed by atoms with van der Waals surface area (Å²) in [6.45, 7) is 7.02. The van der Waals surface area contributed by atoms with Crippen LogP contribution in [0.5, 0.6) is 0 Å². The molecule has 0 aliphatic carbocycles. The summed E-state index contributed by atoms with van der Waals surface area (Å²) < 4.78 is 3.12. The van der Waals surface area contributed by atoms with Crippen molar-refractivity contribution in [3.63, 3.8) is 0 Å². The van der Waals surface area contributed by atoms with Crippen molar-refractivity contribution in [2.24, 2.45) is 0 Å². The Morgan fingerprint density at radius 3 is 2.68 bits per heavy atom. The number of hydrogen-bond acceptors (Lipinski definition) is 2. The molecule has 0 fully saturated rings. The maximum absolute atomic E-state index is 4.57. The maximum atomic E-state index is 4.57. The number of aromatic nitrogens is 2. The highest BCUT2D eigenvalue weighted by Gasteiger charge is 2.04. The lowest BCUT2D eigenvalue weighted by Gasteiger charge is -2.02. The van der Waals surface area contributed by atoms with E-state index >= 15 is 0 Å². The Labute approximate surface area is 123 Å². The minimum absolute atomic E-state index is 0.821. The van der Waals surface area contributed by atoms with E-state index in [1.54, 1.807) is 0 Å². The molecule has 0 saturated heterocycles. The average molecular weight is 322 g/mol. The second kappa shape index (κ2) is 6.87. The van der Waals surface area contributed by atoms with Gasteiger partial charge in [-0.25, -0.2) is 0 Å². The van der Waals surface area contributed by atoms with E-state index in [-0.39, 0.29) is 0 Å². The van der Waals surface area contributed by atoms with Gasteiger partial charge in [0.05, 0.1) is 12.2 Å². The molecule has 0 saturated carbocycles. The fraction of sp³-hybridized carbons (Fsp3) is 0.400. The smallest absolute Gasteiger partial charge is 0.0659 e. The Kier molecular flexibility index (Phi) is 5.16. The van der Waals surface area contributed by atoms with Crippen LogP contribution in [0.25, 0.3) is 0 Å². The van der Waals surface area contributed by atoms with E-state index in [2.05, 4.69) is 70.7 Å². The molecule has 2 rings (SSSR count). The van der Waals surface area contributed by atoms with Crippen molar-refractivity contribution < 1.29 is 0 Å². The van der Waals surface area contributed by atoms with Crippen LogP contribution < -0.4 is 5.32 Å². The highest BCUT2D eigenvalue weighted by Crippen LogP contribution is 2.12. The van der Waals surface area contributed by atoms with Crippen LogP contribution >= 0.6 is 15.9 Å². The molecule has 102 valence electrons. The summed E-state index contributed by atoms with van der Waals surface area (Å²) >= 11 is 3.45. The third-order valence-corrected chi connectivity index (χ3v) is 3.58. The molecule has 1 N–H and O–H groups in total. The third-order valence-electron chi connectivity index (χ3n) is 3.05. The maximum Gasteiger partial charge on any atom is 0.0659 e. The van der Waals surface area contributed by atoms with Crippen molar-refractivity contribution in [3.8, 4) is 0 Å². The van der Waals surface area contributed by atoms with Gasteiger partial charge in [-0.1, -0.05) is 35.0 Å². The topological polar surface area (TPSA) is 29.9 Å². The monoisotopic (exact) mass is 321 g/mol. The predicted molar refractivity (Wildman–Crippen MR) is 82.2 cm³/mol. The molecule has 1 heterocycles. The quantitative estimate of drug-likeness (QED) is 0.825. The molecule has 2 aromatic rings. The number of hydrogen-bond donors (Lipinski definition) is 1. The first-order valence-electron chi connectivity index (χ1n) is 6.67. The Morgan fingerprint density at radius 2 is 2.00 bits per heavy atom. The third kappa shape index (κ3) is 4.18. The molecule has 4 heteroatoms. The predicted octanol–water partition coefficient (Wildman–Crippen LogP) is 3.50. The normalized spacial score (nSPS) is 10.9. The number of benzene rings is 1. The summed E-state index contributed by atoms with van der Waals surface area (Å²) in [6.07, 6.45) is 3.30. The first-order valence-corrected chi connectivity index (χ1v) is 7.46. The summed E-state index contributed by atoms with van der Waals surface area (Å²) in [7, 11) is 0. The van der Waals surface area contributed by atoms with Crippen LogP contribution in [-0.4, -0.2) is 16.3 Å². The minimum Gasteiger partial charge on any atom is -0.313 e. The summed E-state index contributed by atoms with van der Waals surface area (Å²) in [6, 6.07) is 8.37. The fourth-order valence-electron chi connectivity index (χ4n) is 1.99. The van der Waals surface area contributed by atoms with Gasteiger partial charge in [0.2, 0.25) is 0 Å². The Bertz CT molecular complexity index is 517. The SMILES string of the molecule is CCCNCc1cn(Cc2ccc(Br)cc2)nc1C. The molecule has 3 nitrogen and oxygen atoms in total. The van der Waals surface area contributed by atoms with Gasteiger partial charge in [-0.3, -0.25) is 4.68 Å². The zero-order chi connectivity index (χ0) is 13.7. The highest BCUT2D eigenvalue weighted by molar-refractivity contribution is 9.10. The van der Waals surface area contributed by atoms with Crippen molar-refractivity contribution in [2.75, 3.05) is 6.54 Å². The van der Waals surface area contributed by atoms with E-state index in [9.17, 15) is 0 Å². The van der Waals surface area contributed by atoms with Crippen molar-refractivity contribution in [1.29, 1.82) is 0 Å². The van der Waals surface area contributed by atoms with Crippen molar-refractivity contribution in [2.45, 2.75) is 33.4 Å². The molecule has 1 aromatic carbocycles. The number of halogens is 1. The lowest BCUT2D eigenvalue weighted by Crippen LogP contribution is -2.13. The van der Waals surface area contributed by atoms with Gasteiger partial charge in [-0.05, 0) is 37.6 Å². The first-order chi connectivity index (χ1) is 9.19. The summed E-state index contributed by atoms with van der Waals surface area (Å²) in [5.74, 6) is 0. The van der Waals surface area contributed by atoms with E-state index < -0.39 is 0 Å². The molecule has 0 aliphatic rings. The number of aryl methyl sites for hydroxylation is 1. The lowest BCUT2D eigenvalue weighted by atomic mass is 10.2. The fourth-order valence-corrected chi connectivity index (χ4v) is 2.25. The summed E-state index contributed by atoms with van der Waals surface area (Å²) in [5.41, 5.74) is 3.66. The molecule has 0 aliphatic heterocycles. The largest absolute Gasteiger partial charge is 0.313 e. The van der Waals surface area contributed by atoms with Crippen molar-refractivity contribution in [1.82, 2.24) is 15.1 Å². The van der Waals surface area contributed by atoms with Gasteiger partial charge in [0.1, 0.15) is 0 Å². The zero-order valence-corrected chi connectivity index (χ0v) is 13.1. The zero-order valence-electron chi connectivity index (χ0n) is 11.5. The first kappa shape index (κ1) is 14.3. The van der Waals surface area contributed by atoms with Gasteiger partial charge in [0.15, 0.2) is 0 Å². The van der Waals surface area contributed by atoms with Crippen molar-refractivity contribution >= 4 is 15.9 Å². The molecule has 0 amide bonds. The molecule has 0 atom stereocenters. The Hall–Kier alpha value is -1.13. The second-order valence-electron chi connectivity index (χ2n) is 4.74. The van der Waals surface area contributed by atoms with Crippen LogP contribution in [0.1, 0.15) is 30.2 Å². The van der Waals surface area contributed by atoms with E-state index in [1.165, 1.54) is 11.1 Å². The van der Waals surface area contributed by atoms with E-state index in [0.29, 0.717) is 0 Å². The van der Waals surface area contributed by atoms with Crippen LogP contribution in [0.4, 0.5) is 0 Å².